The van der Waals surface area contributed by atoms with Gasteiger partial charge in [0.2, 0.25) is 0 Å². The number of imidazole rings is 1. The smallest absolute Gasteiger partial charge is 0.178 e. The van der Waals surface area contributed by atoms with Crippen LogP contribution in [0.3, 0.4) is 0 Å². The predicted molar refractivity (Wildman–Crippen MR) is 105 cm³/mol. The third kappa shape index (κ3) is 2.97. The summed E-state index contributed by atoms with van der Waals surface area (Å²) in [4.78, 5) is 14.1. The molecule has 3 aromatic rings. The van der Waals surface area contributed by atoms with Gasteiger partial charge in [-0.25, -0.2) is 14.6 Å². The second-order valence-corrected chi connectivity index (χ2v) is 7.74. The number of hydrogen-bond acceptors (Lipinski definition) is 6. The zero-order valence-electron chi connectivity index (χ0n) is 16.3. The van der Waals surface area contributed by atoms with Crippen LogP contribution in [-0.4, -0.2) is 49.0 Å². The van der Waals surface area contributed by atoms with Gasteiger partial charge in [0, 0.05) is 36.1 Å². The lowest BCUT2D eigenvalue weighted by Crippen LogP contribution is -2.27. The summed E-state index contributed by atoms with van der Waals surface area (Å²) in [6.45, 7) is 7.64. The van der Waals surface area contributed by atoms with Gasteiger partial charge in [0.1, 0.15) is 30.2 Å². The van der Waals surface area contributed by atoms with Crippen LogP contribution in [0.1, 0.15) is 44.3 Å². The minimum Gasteiger partial charge on any atom is -0.491 e. The number of hydrogen-bond donors (Lipinski definition) is 1. The number of rotatable bonds is 3. The van der Waals surface area contributed by atoms with Crippen molar-refractivity contribution in [2.75, 3.05) is 19.7 Å². The van der Waals surface area contributed by atoms with Gasteiger partial charge >= 0.3 is 0 Å². The van der Waals surface area contributed by atoms with Crippen molar-refractivity contribution in [3.63, 3.8) is 0 Å². The lowest BCUT2D eigenvalue weighted by Gasteiger charge is -2.22. The highest BCUT2D eigenvalue weighted by Crippen LogP contribution is 2.36. The Hall–Kier alpha value is -2.74. The highest BCUT2D eigenvalue weighted by atomic mass is 16.5. The van der Waals surface area contributed by atoms with Crippen LogP contribution in [0.15, 0.2) is 24.8 Å². The molecule has 5 rings (SSSR count). The molecule has 2 aliphatic heterocycles. The number of nitrogens with one attached hydrogen (secondary N) is 1. The number of fused-ring (bicyclic) bond motifs is 3. The Labute approximate surface area is 164 Å². The fourth-order valence-electron chi connectivity index (χ4n) is 4.05. The van der Waals surface area contributed by atoms with Gasteiger partial charge in [0.15, 0.2) is 5.82 Å². The normalized spacial score (nSPS) is 17.1. The van der Waals surface area contributed by atoms with E-state index in [-0.39, 0.29) is 6.04 Å². The third-order valence-electron chi connectivity index (χ3n) is 5.54. The van der Waals surface area contributed by atoms with Crippen molar-refractivity contribution in [1.29, 1.82) is 0 Å². The largest absolute Gasteiger partial charge is 0.491 e. The summed E-state index contributed by atoms with van der Waals surface area (Å²) in [5.74, 6) is 3.05. The Morgan fingerprint density at radius 3 is 2.86 bits per heavy atom. The molecule has 0 atom stereocenters. The Bertz CT molecular complexity index is 984. The summed E-state index contributed by atoms with van der Waals surface area (Å²) in [6, 6.07) is 2.34. The molecular formula is C20H25N7O. The van der Waals surface area contributed by atoms with E-state index in [9.17, 15) is 0 Å². The van der Waals surface area contributed by atoms with Crippen molar-refractivity contribution in [2.24, 2.45) is 0 Å². The molecule has 146 valence electrons. The Balaban J connectivity index is 1.54. The van der Waals surface area contributed by atoms with Crippen LogP contribution in [0.25, 0.3) is 22.9 Å². The third-order valence-corrected chi connectivity index (χ3v) is 5.54. The molecule has 0 saturated carbocycles. The fraction of sp³-hybridized carbons (Fsp3) is 0.500. The highest BCUT2D eigenvalue weighted by molar-refractivity contribution is 5.67. The SMILES string of the molecule is CC(C)n1ncnc1-c1cn2c(n1)-c1cnc(C3CCNCC3)cc1OCC2. The van der Waals surface area contributed by atoms with Gasteiger partial charge < -0.3 is 14.6 Å². The average molecular weight is 379 g/mol. The van der Waals surface area contributed by atoms with Crippen LogP contribution in [0.4, 0.5) is 0 Å². The minimum atomic E-state index is 0.226. The van der Waals surface area contributed by atoms with Crippen molar-refractivity contribution in [1.82, 2.24) is 34.6 Å². The van der Waals surface area contributed by atoms with E-state index < -0.39 is 0 Å². The van der Waals surface area contributed by atoms with E-state index in [1.165, 1.54) is 0 Å². The van der Waals surface area contributed by atoms with E-state index in [1.807, 2.05) is 17.1 Å². The van der Waals surface area contributed by atoms with E-state index in [1.54, 1.807) is 6.33 Å². The number of pyridine rings is 1. The van der Waals surface area contributed by atoms with E-state index in [0.717, 1.165) is 66.8 Å². The molecule has 8 heteroatoms. The van der Waals surface area contributed by atoms with Gasteiger partial charge in [0.05, 0.1) is 12.1 Å². The zero-order valence-corrected chi connectivity index (χ0v) is 16.3. The van der Waals surface area contributed by atoms with Crippen LogP contribution in [-0.2, 0) is 6.54 Å². The number of ether oxygens (including phenoxy) is 1. The van der Waals surface area contributed by atoms with Gasteiger partial charge in [-0.1, -0.05) is 0 Å². The second-order valence-electron chi connectivity index (χ2n) is 7.74. The standard InChI is InChI=1S/C20H25N7O/c1-13(2)27-20(23-12-24-27)17-11-26-7-8-28-18-9-16(14-3-5-21-6-4-14)22-10-15(18)19(26)25-17/h9-14,21H,3-8H2,1-2H3. The summed E-state index contributed by atoms with van der Waals surface area (Å²) in [6.07, 6.45) is 7.79. The molecule has 0 bridgehead atoms. The lowest BCUT2D eigenvalue weighted by atomic mass is 9.93. The van der Waals surface area contributed by atoms with Gasteiger partial charge in [-0.2, -0.15) is 5.10 Å². The molecule has 0 unspecified atom stereocenters. The second kappa shape index (κ2) is 7.01. The summed E-state index contributed by atoms with van der Waals surface area (Å²) >= 11 is 0. The highest BCUT2D eigenvalue weighted by Gasteiger charge is 2.24. The molecule has 0 aromatic carbocycles. The Morgan fingerprint density at radius 1 is 1.18 bits per heavy atom. The van der Waals surface area contributed by atoms with Crippen LogP contribution in [0.5, 0.6) is 5.75 Å². The van der Waals surface area contributed by atoms with Crippen molar-refractivity contribution >= 4 is 0 Å². The summed E-state index contributed by atoms with van der Waals surface area (Å²) in [7, 11) is 0. The topological polar surface area (TPSA) is 82.7 Å². The molecule has 5 heterocycles. The van der Waals surface area contributed by atoms with E-state index >= 15 is 0 Å². The molecule has 28 heavy (non-hydrogen) atoms. The minimum absolute atomic E-state index is 0.226. The first-order valence-electron chi connectivity index (χ1n) is 10.0. The quantitative estimate of drug-likeness (QED) is 0.753. The molecule has 8 nitrogen and oxygen atoms in total. The molecular weight excluding hydrogens is 354 g/mol. The monoisotopic (exact) mass is 379 g/mol. The van der Waals surface area contributed by atoms with Crippen molar-refractivity contribution in [3.05, 3.63) is 30.5 Å². The molecule has 1 saturated heterocycles. The number of nitrogens with zero attached hydrogens (tertiary/aromatic N) is 6. The van der Waals surface area contributed by atoms with E-state index in [0.29, 0.717) is 12.5 Å². The van der Waals surface area contributed by atoms with Gasteiger partial charge in [-0.15, -0.1) is 0 Å². The molecule has 0 aliphatic carbocycles. The maximum atomic E-state index is 6.06. The van der Waals surface area contributed by atoms with Gasteiger partial charge in [-0.3, -0.25) is 4.98 Å². The first kappa shape index (κ1) is 17.4. The number of aromatic nitrogens is 6. The Morgan fingerprint density at radius 2 is 2.04 bits per heavy atom. The maximum absolute atomic E-state index is 6.06. The summed E-state index contributed by atoms with van der Waals surface area (Å²) < 4.78 is 10.1. The van der Waals surface area contributed by atoms with E-state index in [4.69, 9.17) is 14.7 Å². The number of piperidine rings is 1. The molecule has 1 fully saturated rings. The average Bonchev–Trinajstić information content (AvgIpc) is 3.33. The van der Waals surface area contributed by atoms with Crippen LogP contribution >= 0.6 is 0 Å². The molecule has 0 amide bonds. The zero-order chi connectivity index (χ0) is 19.1. The Kier molecular flexibility index (Phi) is 4.35. The molecule has 1 N–H and O–H groups in total. The fourth-order valence-corrected chi connectivity index (χ4v) is 4.05. The maximum Gasteiger partial charge on any atom is 0.178 e. The molecule has 0 spiro atoms. The van der Waals surface area contributed by atoms with E-state index in [2.05, 4.69) is 39.9 Å². The summed E-state index contributed by atoms with van der Waals surface area (Å²) in [5, 5.41) is 7.75. The predicted octanol–water partition coefficient (Wildman–Crippen LogP) is 2.64. The van der Waals surface area contributed by atoms with Gasteiger partial charge in [-0.05, 0) is 39.8 Å². The van der Waals surface area contributed by atoms with Gasteiger partial charge in [0.25, 0.3) is 0 Å². The van der Waals surface area contributed by atoms with Crippen molar-refractivity contribution in [3.8, 4) is 28.7 Å². The molecule has 2 aliphatic rings. The first-order valence-corrected chi connectivity index (χ1v) is 10.0. The first-order chi connectivity index (χ1) is 13.7. The molecule has 0 radical (unpaired) electrons. The van der Waals surface area contributed by atoms with Crippen molar-refractivity contribution < 1.29 is 4.74 Å². The van der Waals surface area contributed by atoms with Crippen LogP contribution in [0.2, 0.25) is 0 Å². The van der Waals surface area contributed by atoms with Crippen LogP contribution < -0.4 is 10.1 Å². The van der Waals surface area contributed by atoms with Crippen molar-refractivity contribution in [2.45, 2.75) is 45.2 Å². The van der Waals surface area contributed by atoms with Crippen LogP contribution in [0, 0.1) is 0 Å². The summed E-state index contributed by atoms with van der Waals surface area (Å²) in [5.41, 5.74) is 2.90. The lowest BCUT2D eigenvalue weighted by molar-refractivity contribution is 0.305. The molecule has 3 aromatic heterocycles.